The highest BCUT2D eigenvalue weighted by Gasteiger charge is 2.34. The first-order chi connectivity index (χ1) is 13.6. The van der Waals surface area contributed by atoms with E-state index in [4.69, 9.17) is 4.74 Å². The van der Waals surface area contributed by atoms with Crippen LogP contribution in [0.2, 0.25) is 0 Å². The molecule has 2 aromatic rings. The van der Waals surface area contributed by atoms with Crippen LogP contribution in [-0.2, 0) is 16.6 Å². The van der Waals surface area contributed by atoms with Crippen LogP contribution in [0.1, 0.15) is 24.0 Å². The smallest absolute Gasteiger partial charge is 0.191 e. The van der Waals surface area contributed by atoms with Gasteiger partial charge in [0.15, 0.2) is 5.96 Å². The molecule has 0 radical (unpaired) electrons. The molecule has 0 amide bonds. The molecule has 150 valence electrons. The Morgan fingerprint density at radius 2 is 1.79 bits per heavy atom. The van der Waals surface area contributed by atoms with Crippen LogP contribution in [0.3, 0.4) is 0 Å². The lowest BCUT2D eigenvalue weighted by atomic mass is 9.74. The van der Waals surface area contributed by atoms with Crippen LogP contribution in [0.25, 0.3) is 0 Å². The minimum atomic E-state index is -0.228. The molecular weight excluding hydrogens is 360 g/mol. The van der Waals surface area contributed by atoms with Gasteiger partial charge in [-0.05, 0) is 54.7 Å². The molecule has 1 saturated heterocycles. The zero-order chi connectivity index (χ0) is 19.8. The third-order valence-electron chi connectivity index (χ3n) is 5.32. The lowest BCUT2D eigenvalue weighted by molar-refractivity contribution is 0.0513. The van der Waals surface area contributed by atoms with Crippen molar-refractivity contribution in [3.8, 4) is 0 Å². The lowest BCUT2D eigenvalue weighted by Crippen LogP contribution is -2.48. The minimum absolute atomic E-state index is 0.186. The molecular formula is C22H27F2N3O. The predicted molar refractivity (Wildman–Crippen MR) is 108 cm³/mol. The van der Waals surface area contributed by atoms with Crippen molar-refractivity contribution >= 4 is 5.96 Å². The molecule has 3 rings (SSSR count). The number of hydrogen-bond acceptors (Lipinski definition) is 2. The lowest BCUT2D eigenvalue weighted by Gasteiger charge is -2.38. The number of hydrogen-bond donors (Lipinski definition) is 2. The van der Waals surface area contributed by atoms with Crippen molar-refractivity contribution in [1.82, 2.24) is 10.6 Å². The van der Waals surface area contributed by atoms with Crippen molar-refractivity contribution < 1.29 is 13.5 Å². The summed E-state index contributed by atoms with van der Waals surface area (Å²) in [6.07, 6.45) is 2.43. The number of nitrogens with one attached hydrogen (secondary N) is 2. The van der Waals surface area contributed by atoms with Crippen LogP contribution in [0.15, 0.2) is 53.5 Å². The molecule has 0 atom stereocenters. The number of benzene rings is 2. The Morgan fingerprint density at radius 1 is 1.04 bits per heavy atom. The molecule has 0 spiro atoms. The normalized spacial score (nSPS) is 16.6. The topological polar surface area (TPSA) is 45.7 Å². The average Bonchev–Trinajstić information content (AvgIpc) is 2.72. The molecule has 1 aliphatic heterocycles. The third kappa shape index (κ3) is 5.29. The molecule has 28 heavy (non-hydrogen) atoms. The number of guanidine groups is 1. The number of halogens is 2. The fourth-order valence-corrected chi connectivity index (χ4v) is 3.60. The van der Waals surface area contributed by atoms with E-state index in [-0.39, 0.29) is 17.0 Å². The van der Waals surface area contributed by atoms with Crippen LogP contribution in [-0.4, -0.2) is 39.3 Å². The van der Waals surface area contributed by atoms with E-state index in [2.05, 4.69) is 15.6 Å². The van der Waals surface area contributed by atoms with E-state index in [9.17, 15) is 8.78 Å². The Balaban J connectivity index is 1.59. The molecule has 1 fully saturated rings. The standard InChI is InChI=1S/C22H27F2N3O/c1-25-21(26-12-9-17-5-7-19(23)8-6-17)27-16-22(10-13-28-14-11-22)18-3-2-4-20(24)15-18/h2-8,15H,9-14,16H2,1H3,(H2,25,26,27). The summed E-state index contributed by atoms with van der Waals surface area (Å²) < 4.78 is 32.3. The average molecular weight is 387 g/mol. The van der Waals surface area contributed by atoms with Crippen LogP contribution in [0.5, 0.6) is 0 Å². The zero-order valence-corrected chi connectivity index (χ0v) is 16.2. The number of aliphatic imine (C=N–C) groups is 1. The van der Waals surface area contributed by atoms with Crippen molar-refractivity contribution in [3.63, 3.8) is 0 Å². The SMILES string of the molecule is CN=C(NCCc1ccc(F)cc1)NCC1(c2cccc(F)c2)CCOCC1. The highest BCUT2D eigenvalue weighted by Crippen LogP contribution is 2.34. The first kappa shape index (κ1) is 20.3. The summed E-state index contributed by atoms with van der Waals surface area (Å²) in [6, 6.07) is 13.4. The van der Waals surface area contributed by atoms with Gasteiger partial charge in [-0.3, -0.25) is 4.99 Å². The van der Waals surface area contributed by atoms with Crippen molar-refractivity contribution in [2.75, 3.05) is 33.4 Å². The highest BCUT2D eigenvalue weighted by molar-refractivity contribution is 5.79. The van der Waals surface area contributed by atoms with Gasteiger partial charge in [-0.1, -0.05) is 24.3 Å². The summed E-state index contributed by atoms with van der Waals surface area (Å²) in [5.74, 6) is 0.253. The van der Waals surface area contributed by atoms with E-state index in [0.29, 0.717) is 32.3 Å². The van der Waals surface area contributed by atoms with Gasteiger partial charge in [0.1, 0.15) is 11.6 Å². The zero-order valence-electron chi connectivity index (χ0n) is 16.2. The van der Waals surface area contributed by atoms with Gasteiger partial charge in [0.2, 0.25) is 0 Å². The molecule has 0 saturated carbocycles. The second-order valence-corrected chi connectivity index (χ2v) is 7.13. The second kappa shape index (κ2) is 9.64. The summed E-state index contributed by atoms with van der Waals surface area (Å²) in [4.78, 5) is 4.29. The Hall–Kier alpha value is -2.47. The molecule has 1 heterocycles. The quantitative estimate of drug-likeness (QED) is 0.590. The van der Waals surface area contributed by atoms with Gasteiger partial charge in [0, 0.05) is 38.8 Å². The maximum atomic E-state index is 13.8. The van der Waals surface area contributed by atoms with Gasteiger partial charge >= 0.3 is 0 Å². The number of rotatable bonds is 6. The molecule has 6 heteroatoms. The van der Waals surface area contributed by atoms with Crippen molar-refractivity contribution in [2.24, 2.45) is 4.99 Å². The fraction of sp³-hybridized carbons (Fsp3) is 0.409. The summed E-state index contributed by atoms with van der Waals surface area (Å²) in [6.45, 7) is 2.65. The Labute approximate surface area is 165 Å². The number of ether oxygens (including phenoxy) is 1. The molecule has 0 aromatic heterocycles. The first-order valence-corrected chi connectivity index (χ1v) is 9.64. The van der Waals surface area contributed by atoms with E-state index in [1.807, 2.05) is 6.07 Å². The first-order valence-electron chi connectivity index (χ1n) is 9.64. The minimum Gasteiger partial charge on any atom is -0.381 e. The monoisotopic (exact) mass is 387 g/mol. The Kier molecular flexibility index (Phi) is 6.98. The van der Waals surface area contributed by atoms with E-state index >= 15 is 0 Å². The van der Waals surface area contributed by atoms with Crippen LogP contribution < -0.4 is 10.6 Å². The molecule has 0 aliphatic carbocycles. The molecule has 2 aromatic carbocycles. The van der Waals surface area contributed by atoms with Gasteiger partial charge in [-0.15, -0.1) is 0 Å². The fourth-order valence-electron chi connectivity index (χ4n) is 3.60. The summed E-state index contributed by atoms with van der Waals surface area (Å²) >= 11 is 0. The van der Waals surface area contributed by atoms with Crippen LogP contribution in [0.4, 0.5) is 8.78 Å². The van der Waals surface area contributed by atoms with Crippen molar-refractivity contribution in [2.45, 2.75) is 24.7 Å². The van der Waals surface area contributed by atoms with Gasteiger partial charge in [-0.2, -0.15) is 0 Å². The largest absolute Gasteiger partial charge is 0.381 e. The van der Waals surface area contributed by atoms with E-state index in [1.165, 1.54) is 18.2 Å². The summed E-state index contributed by atoms with van der Waals surface area (Å²) in [5.41, 5.74) is 1.87. The van der Waals surface area contributed by atoms with Crippen LogP contribution >= 0.6 is 0 Å². The third-order valence-corrected chi connectivity index (χ3v) is 5.32. The molecule has 0 bridgehead atoms. The molecule has 1 aliphatic rings. The van der Waals surface area contributed by atoms with Crippen LogP contribution in [0, 0.1) is 11.6 Å². The molecule has 4 nitrogen and oxygen atoms in total. The van der Waals surface area contributed by atoms with Gasteiger partial charge in [0.05, 0.1) is 0 Å². The van der Waals surface area contributed by atoms with Gasteiger partial charge in [0.25, 0.3) is 0 Å². The van der Waals surface area contributed by atoms with Crippen molar-refractivity contribution in [3.05, 3.63) is 71.3 Å². The Bertz CT molecular complexity index is 787. The van der Waals surface area contributed by atoms with Crippen molar-refractivity contribution in [1.29, 1.82) is 0 Å². The molecule has 0 unspecified atom stereocenters. The van der Waals surface area contributed by atoms with Gasteiger partial charge in [-0.25, -0.2) is 8.78 Å². The summed E-state index contributed by atoms with van der Waals surface area (Å²) in [7, 11) is 1.73. The number of nitrogens with zero attached hydrogens (tertiary/aromatic N) is 1. The van der Waals surface area contributed by atoms with E-state index in [1.54, 1.807) is 31.3 Å². The maximum Gasteiger partial charge on any atom is 0.191 e. The van der Waals surface area contributed by atoms with Gasteiger partial charge < -0.3 is 15.4 Å². The molecule has 2 N–H and O–H groups in total. The van der Waals surface area contributed by atoms with E-state index in [0.717, 1.165) is 30.4 Å². The van der Waals surface area contributed by atoms with E-state index < -0.39 is 0 Å². The maximum absolute atomic E-state index is 13.8. The second-order valence-electron chi connectivity index (χ2n) is 7.13. The summed E-state index contributed by atoms with van der Waals surface area (Å²) in [5, 5.41) is 6.69. The predicted octanol–water partition coefficient (Wildman–Crippen LogP) is 3.42. The Morgan fingerprint density at radius 3 is 2.46 bits per heavy atom. The highest BCUT2D eigenvalue weighted by atomic mass is 19.1.